The van der Waals surface area contributed by atoms with Gasteiger partial charge in [-0.2, -0.15) is 8.42 Å². The second kappa shape index (κ2) is 14.4. The lowest BCUT2D eigenvalue weighted by Crippen LogP contribution is -2.16. The van der Waals surface area contributed by atoms with Crippen LogP contribution in [0, 0.1) is 0 Å². The third-order valence-corrected chi connectivity index (χ3v) is 7.22. The van der Waals surface area contributed by atoms with E-state index in [1.54, 1.807) is 0 Å². The zero-order chi connectivity index (χ0) is 21.5. The normalized spacial score (nSPS) is 12.7. The molecule has 4 heteroatoms. The van der Waals surface area contributed by atoms with Crippen LogP contribution < -0.4 is 0 Å². The average Bonchev–Trinajstić information content (AvgIpc) is 2.77. The van der Waals surface area contributed by atoms with Crippen molar-refractivity contribution in [2.24, 2.45) is 0 Å². The van der Waals surface area contributed by atoms with Crippen LogP contribution in [0.1, 0.15) is 93.9 Å². The van der Waals surface area contributed by atoms with Gasteiger partial charge in [0.25, 0.3) is 10.1 Å². The van der Waals surface area contributed by atoms with E-state index in [2.05, 4.69) is 6.92 Å². The van der Waals surface area contributed by atoms with Gasteiger partial charge >= 0.3 is 0 Å². The predicted molar refractivity (Wildman–Crippen MR) is 126 cm³/mol. The fourth-order valence-corrected chi connectivity index (χ4v) is 5.18. The molecule has 2 rings (SSSR count). The van der Waals surface area contributed by atoms with Crippen LogP contribution in [0.15, 0.2) is 60.7 Å². The van der Waals surface area contributed by atoms with Crippen LogP contribution in [0.2, 0.25) is 0 Å². The maximum atomic E-state index is 13.0. The van der Waals surface area contributed by atoms with Crippen LogP contribution in [0.4, 0.5) is 0 Å². The molecular formula is C26H38O3S. The van der Waals surface area contributed by atoms with E-state index < -0.39 is 15.4 Å². The molecule has 2 aromatic rings. The molecule has 0 aliphatic heterocycles. The second-order valence-electron chi connectivity index (χ2n) is 8.11. The number of rotatable bonds is 16. The van der Waals surface area contributed by atoms with Gasteiger partial charge in [-0.25, -0.2) is 0 Å². The lowest BCUT2D eigenvalue weighted by atomic mass is 10.0. The molecule has 0 radical (unpaired) electrons. The first kappa shape index (κ1) is 24.6. The van der Waals surface area contributed by atoms with Crippen molar-refractivity contribution in [2.45, 2.75) is 89.4 Å². The quantitative estimate of drug-likeness (QED) is 0.203. The van der Waals surface area contributed by atoms with Gasteiger partial charge < -0.3 is 0 Å². The molecule has 166 valence electrons. The summed E-state index contributed by atoms with van der Waals surface area (Å²) in [5, 5.41) is -0.601. The van der Waals surface area contributed by atoms with Gasteiger partial charge in [-0.05, 0) is 17.5 Å². The summed E-state index contributed by atoms with van der Waals surface area (Å²) in [5.41, 5.74) is 1.69. The predicted octanol–water partition coefficient (Wildman–Crippen LogP) is 7.59. The molecule has 0 aromatic heterocycles. The lowest BCUT2D eigenvalue weighted by molar-refractivity contribution is 0.300. The number of hydrogen-bond acceptors (Lipinski definition) is 3. The molecule has 0 N–H and O–H groups in total. The van der Waals surface area contributed by atoms with Crippen molar-refractivity contribution in [1.82, 2.24) is 0 Å². The van der Waals surface area contributed by atoms with Crippen molar-refractivity contribution in [3.63, 3.8) is 0 Å². The molecule has 30 heavy (non-hydrogen) atoms. The van der Waals surface area contributed by atoms with Crippen molar-refractivity contribution in [1.29, 1.82) is 0 Å². The van der Waals surface area contributed by atoms with Crippen molar-refractivity contribution in [3.8, 4) is 0 Å². The van der Waals surface area contributed by atoms with E-state index in [0.717, 1.165) is 24.0 Å². The minimum Gasteiger partial charge on any atom is -0.265 e. The third-order valence-electron chi connectivity index (χ3n) is 5.57. The first-order chi connectivity index (χ1) is 14.6. The maximum absolute atomic E-state index is 13.0. The Morgan fingerprint density at radius 3 is 1.77 bits per heavy atom. The summed E-state index contributed by atoms with van der Waals surface area (Å²) < 4.78 is 31.4. The highest BCUT2D eigenvalue weighted by Gasteiger charge is 2.27. The average molecular weight is 431 g/mol. The molecule has 0 amide bonds. The Kier molecular flexibility index (Phi) is 11.8. The molecule has 1 atom stereocenters. The highest BCUT2D eigenvalue weighted by atomic mass is 32.2. The zero-order valence-corrected chi connectivity index (χ0v) is 19.3. The molecule has 0 aliphatic carbocycles. The number of unbranched alkanes of at least 4 members (excludes halogenated alkanes) is 9. The maximum Gasteiger partial charge on any atom is 0.274 e. The zero-order valence-electron chi connectivity index (χ0n) is 18.5. The third kappa shape index (κ3) is 9.44. The molecule has 0 bridgehead atoms. The first-order valence-corrected chi connectivity index (χ1v) is 13.1. The van der Waals surface area contributed by atoms with E-state index in [1.165, 1.54) is 51.4 Å². The fourth-order valence-electron chi connectivity index (χ4n) is 3.77. The molecule has 3 nitrogen and oxygen atoms in total. The van der Waals surface area contributed by atoms with Gasteiger partial charge in [-0.3, -0.25) is 4.18 Å². The van der Waals surface area contributed by atoms with Gasteiger partial charge in [0.05, 0.1) is 6.61 Å². The van der Waals surface area contributed by atoms with E-state index in [1.807, 2.05) is 60.7 Å². The molecule has 0 heterocycles. The van der Waals surface area contributed by atoms with Gasteiger partial charge in [-0.15, -0.1) is 0 Å². The van der Waals surface area contributed by atoms with Crippen LogP contribution in [0.5, 0.6) is 0 Å². The molecule has 0 saturated heterocycles. The van der Waals surface area contributed by atoms with Crippen LogP contribution in [0.3, 0.4) is 0 Å². The van der Waals surface area contributed by atoms with Crippen molar-refractivity contribution >= 4 is 10.1 Å². The number of hydrogen-bond donors (Lipinski definition) is 0. The van der Waals surface area contributed by atoms with Gasteiger partial charge in [-0.1, -0.05) is 132 Å². The molecule has 2 aromatic carbocycles. The highest BCUT2D eigenvalue weighted by Crippen LogP contribution is 2.30. The molecule has 0 saturated carbocycles. The molecule has 0 aliphatic rings. The molecular weight excluding hydrogens is 392 g/mol. The first-order valence-electron chi connectivity index (χ1n) is 11.6. The summed E-state index contributed by atoms with van der Waals surface area (Å²) in [5.74, 6) is 0. The minimum atomic E-state index is -3.68. The Balaban J connectivity index is 1.80. The Hall–Kier alpha value is -1.65. The van der Waals surface area contributed by atoms with Crippen molar-refractivity contribution in [3.05, 3.63) is 71.8 Å². The summed E-state index contributed by atoms with van der Waals surface area (Å²) in [7, 11) is -3.68. The summed E-state index contributed by atoms with van der Waals surface area (Å²) in [6.45, 7) is 2.33. The van der Waals surface area contributed by atoms with Gasteiger partial charge in [0.15, 0.2) is 0 Å². The SMILES string of the molecule is CCCCCCCCCCCCC(c1ccccc1)S(=O)(=O)OCc1ccccc1. The highest BCUT2D eigenvalue weighted by molar-refractivity contribution is 7.87. The van der Waals surface area contributed by atoms with Crippen molar-refractivity contribution in [2.75, 3.05) is 0 Å². The Bertz CT molecular complexity index is 772. The van der Waals surface area contributed by atoms with E-state index in [9.17, 15) is 8.42 Å². The fraction of sp³-hybridized carbons (Fsp3) is 0.538. The Morgan fingerprint density at radius 2 is 1.20 bits per heavy atom. The van der Waals surface area contributed by atoms with E-state index >= 15 is 0 Å². The molecule has 0 spiro atoms. The summed E-state index contributed by atoms with van der Waals surface area (Å²) in [4.78, 5) is 0. The topological polar surface area (TPSA) is 43.4 Å². The Labute approximate surface area is 184 Å². The van der Waals surface area contributed by atoms with Gasteiger partial charge in [0, 0.05) is 0 Å². The smallest absolute Gasteiger partial charge is 0.265 e. The standard InChI is InChI=1S/C26H38O3S/c1-2-3-4-5-6-7-8-9-10-17-22-26(25-20-15-12-16-21-25)30(27,28)29-23-24-18-13-11-14-19-24/h11-16,18-21,26H,2-10,17,22-23H2,1H3. The lowest BCUT2D eigenvalue weighted by Gasteiger charge is -2.18. The molecule has 0 fully saturated rings. The summed E-state index contributed by atoms with van der Waals surface area (Å²) >= 11 is 0. The largest absolute Gasteiger partial charge is 0.274 e. The summed E-state index contributed by atoms with van der Waals surface area (Å²) in [6, 6.07) is 19.0. The van der Waals surface area contributed by atoms with E-state index in [0.29, 0.717) is 6.42 Å². The van der Waals surface area contributed by atoms with Crippen LogP contribution in [0.25, 0.3) is 0 Å². The van der Waals surface area contributed by atoms with Crippen LogP contribution in [-0.2, 0) is 20.9 Å². The monoisotopic (exact) mass is 430 g/mol. The molecule has 1 unspecified atom stereocenters. The second-order valence-corrected chi connectivity index (χ2v) is 9.90. The van der Waals surface area contributed by atoms with Crippen LogP contribution in [-0.4, -0.2) is 8.42 Å². The van der Waals surface area contributed by atoms with E-state index in [-0.39, 0.29) is 6.61 Å². The number of benzene rings is 2. The van der Waals surface area contributed by atoms with Crippen molar-refractivity contribution < 1.29 is 12.6 Å². The van der Waals surface area contributed by atoms with Gasteiger partial charge in [0.2, 0.25) is 0 Å². The Morgan fingerprint density at radius 1 is 0.700 bits per heavy atom. The van der Waals surface area contributed by atoms with Gasteiger partial charge in [0.1, 0.15) is 5.25 Å². The van der Waals surface area contributed by atoms with Crippen LogP contribution >= 0.6 is 0 Å². The summed E-state index contributed by atoms with van der Waals surface area (Å²) in [6.07, 6.45) is 13.0. The van der Waals surface area contributed by atoms with E-state index in [4.69, 9.17) is 4.18 Å². The minimum absolute atomic E-state index is 0.0878.